The van der Waals surface area contributed by atoms with Crippen molar-refractivity contribution in [1.29, 1.82) is 0 Å². The summed E-state index contributed by atoms with van der Waals surface area (Å²) in [6, 6.07) is 19.5. The molecular formula is C19H25ClN2O. The maximum atomic E-state index is 5.56. The third-order valence-electron chi connectivity index (χ3n) is 4.38. The van der Waals surface area contributed by atoms with E-state index < -0.39 is 0 Å². The summed E-state index contributed by atoms with van der Waals surface area (Å²) in [5.74, 6) is 0.987. The van der Waals surface area contributed by atoms with Crippen molar-refractivity contribution in [3.63, 3.8) is 0 Å². The summed E-state index contributed by atoms with van der Waals surface area (Å²) in [4.78, 5) is 2.57. The van der Waals surface area contributed by atoms with Crippen molar-refractivity contribution in [1.82, 2.24) is 10.2 Å². The predicted octanol–water partition coefficient (Wildman–Crippen LogP) is 3.31. The Morgan fingerprint density at radius 3 is 2.61 bits per heavy atom. The van der Waals surface area contributed by atoms with Crippen molar-refractivity contribution in [2.45, 2.75) is 12.5 Å². The molecule has 0 bridgehead atoms. The SMILES string of the molecule is COc1ccccc1C1CNCCN1CCc1ccccc1.Cl. The first-order valence-electron chi connectivity index (χ1n) is 8.00. The van der Waals surface area contributed by atoms with E-state index >= 15 is 0 Å². The molecule has 3 rings (SSSR count). The summed E-state index contributed by atoms with van der Waals surface area (Å²) in [5.41, 5.74) is 2.69. The molecule has 3 nitrogen and oxygen atoms in total. The first-order chi connectivity index (χ1) is 10.9. The maximum absolute atomic E-state index is 5.56. The van der Waals surface area contributed by atoms with E-state index in [0.717, 1.165) is 38.3 Å². The largest absolute Gasteiger partial charge is 0.496 e. The van der Waals surface area contributed by atoms with E-state index in [-0.39, 0.29) is 12.4 Å². The van der Waals surface area contributed by atoms with Gasteiger partial charge in [0.05, 0.1) is 13.2 Å². The van der Waals surface area contributed by atoms with Crippen LogP contribution in [0.2, 0.25) is 0 Å². The molecule has 0 aromatic heterocycles. The number of hydrogen-bond acceptors (Lipinski definition) is 3. The van der Waals surface area contributed by atoms with Gasteiger partial charge in [0.25, 0.3) is 0 Å². The number of halogens is 1. The second-order valence-electron chi connectivity index (χ2n) is 5.73. The lowest BCUT2D eigenvalue weighted by molar-refractivity contribution is 0.161. The van der Waals surface area contributed by atoms with Gasteiger partial charge >= 0.3 is 0 Å². The standard InChI is InChI=1S/C19H24N2O.ClH/c1-22-19-10-6-5-9-17(19)18-15-20-12-14-21(18)13-11-16-7-3-2-4-8-16;/h2-10,18,20H,11-15H2,1H3;1H. The lowest BCUT2D eigenvalue weighted by Crippen LogP contribution is -2.46. The minimum atomic E-state index is 0. The molecule has 1 saturated heterocycles. The highest BCUT2D eigenvalue weighted by atomic mass is 35.5. The first kappa shape index (κ1) is 17.8. The highest BCUT2D eigenvalue weighted by Crippen LogP contribution is 2.30. The van der Waals surface area contributed by atoms with Crippen LogP contribution in [0.4, 0.5) is 0 Å². The van der Waals surface area contributed by atoms with E-state index in [9.17, 15) is 0 Å². The van der Waals surface area contributed by atoms with Crippen LogP contribution >= 0.6 is 12.4 Å². The average Bonchev–Trinajstić information content (AvgIpc) is 2.61. The first-order valence-corrected chi connectivity index (χ1v) is 8.00. The van der Waals surface area contributed by atoms with Gasteiger partial charge in [0, 0.05) is 31.7 Å². The number of benzene rings is 2. The third-order valence-corrected chi connectivity index (χ3v) is 4.38. The lowest BCUT2D eigenvalue weighted by Gasteiger charge is -2.37. The van der Waals surface area contributed by atoms with Gasteiger partial charge in [-0.2, -0.15) is 0 Å². The van der Waals surface area contributed by atoms with Crippen molar-refractivity contribution >= 4 is 12.4 Å². The molecule has 0 aliphatic carbocycles. The summed E-state index contributed by atoms with van der Waals surface area (Å²) >= 11 is 0. The van der Waals surface area contributed by atoms with Gasteiger partial charge in [-0.25, -0.2) is 0 Å². The fourth-order valence-corrected chi connectivity index (χ4v) is 3.18. The van der Waals surface area contributed by atoms with Gasteiger partial charge in [-0.05, 0) is 18.1 Å². The van der Waals surface area contributed by atoms with Crippen molar-refractivity contribution in [3.05, 3.63) is 65.7 Å². The molecule has 1 N–H and O–H groups in total. The van der Waals surface area contributed by atoms with E-state index in [1.807, 2.05) is 6.07 Å². The van der Waals surface area contributed by atoms with E-state index in [1.165, 1.54) is 11.1 Å². The number of nitrogens with one attached hydrogen (secondary N) is 1. The van der Waals surface area contributed by atoms with Crippen LogP contribution < -0.4 is 10.1 Å². The molecule has 124 valence electrons. The maximum Gasteiger partial charge on any atom is 0.123 e. The zero-order valence-corrected chi connectivity index (χ0v) is 14.4. The van der Waals surface area contributed by atoms with E-state index in [1.54, 1.807) is 7.11 Å². The highest BCUT2D eigenvalue weighted by Gasteiger charge is 2.25. The van der Waals surface area contributed by atoms with Crippen LogP contribution in [-0.4, -0.2) is 38.2 Å². The zero-order valence-electron chi connectivity index (χ0n) is 13.6. The van der Waals surface area contributed by atoms with Crippen LogP contribution in [0.25, 0.3) is 0 Å². The zero-order chi connectivity index (χ0) is 15.2. The molecule has 4 heteroatoms. The molecule has 0 spiro atoms. The monoisotopic (exact) mass is 332 g/mol. The smallest absolute Gasteiger partial charge is 0.123 e. The van der Waals surface area contributed by atoms with Crippen molar-refractivity contribution in [2.75, 3.05) is 33.3 Å². The van der Waals surface area contributed by atoms with Gasteiger partial charge in [0.15, 0.2) is 0 Å². The number of rotatable bonds is 5. The van der Waals surface area contributed by atoms with Gasteiger partial charge in [0.2, 0.25) is 0 Å². The molecule has 23 heavy (non-hydrogen) atoms. The lowest BCUT2D eigenvalue weighted by atomic mass is 10.0. The second-order valence-corrected chi connectivity index (χ2v) is 5.73. The molecule has 2 aromatic rings. The van der Waals surface area contributed by atoms with Crippen molar-refractivity contribution < 1.29 is 4.74 Å². The molecule has 2 aromatic carbocycles. The summed E-state index contributed by atoms with van der Waals surface area (Å²) in [7, 11) is 1.75. The van der Waals surface area contributed by atoms with Crippen molar-refractivity contribution in [3.8, 4) is 5.75 Å². The second kappa shape index (κ2) is 8.92. The van der Waals surface area contributed by atoms with Gasteiger partial charge < -0.3 is 10.1 Å². The Kier molecular flexibility index (Phi) is 6.90. The third kappa shape index (κ3) is 4.47. The van der Waals surface area contributed by atoms with Crippen LogP contribution in [0.3, 0.4) is 0 Å². The predicted molar refractivity (Wildman–Crippen MR) is 97.6 cm³/mol. The molecule has 0 radical (unpaired) electrons. The van der Waals surface area contributed by atoms with Crippen LogP contribution in [0, 0.1) is 0 Å². The summed E-state index contributed by atoms with van der Waals surface area (Å²) in [5, 5.41) is 3.52. The number of hydrogen-bond donors (Lipinski definition) is 1. The van der Waals surface area contributed by atoms with Gasteiger partial charge in [0.1, 0.15) is 5.75 Å². The minimum Gasteiger partial charge on any atom is -0.496 e. The molecule has 1 heterocycles. The van der Waals surface area contributed by atoms with Gasteiger partial charge in [-0.1, -0.05) is 48.5 Å². The molecule has 1 fully saturated rings. The van der Waals surface area contributed by atoms with Crippen molar-refractivity contribution in [2.24, 2.45) is 0 Å². The Morgan fingerprint density at radius 1 is 1.09 bits per heavy atom. The number of methoxy groups -OCH3 is 1. The van der Waals surface area contributed by atoms with Crippen LogP contribution in [0.1, 0.15) is 17.2 Å². The molecule has 1 atom stereocenters. The van der Waals surface area contributed by atoms with Gasteiger partial charge in [-0.15, -0.1) is 12.4 Å². The summed E-state index contributed by atoms with van der Waals surface area (Å²) in [6.45, 7) is 4.19. The Morgan fingerprint density at radius 2 is 1.83 bits per heavy atom. The van der Waals surface area contributed by atoms with Crippen LogP contribution in [0.5, 0.6) is 5.75 Å². The summed E-state index contributed by atoms with van der Waals surface area (Å²) < 4.78 is 5.56. The molecular weight excluding hydrogens is 308 g/mol. The van der Waals surface area contributed by atoms with E-state index in [2.05, 4.69) is 58.7 Å². The van der Waals surface area contributed by atoms with E-state index in [4.69, 9.17) is 4.74 Å². The average molecular weight is 333 g/mol. The molecule has 1 aliphatic rings. The quantitative estimate of drug-likeness (QED) is 0.909. The minimum absolute atomic E-state index is 0. The molecule has 0 amide bonds. The molecule has 1 unspecified atom stereocenters. The molecule has 1 aliphatic heterocycles. The topological polar surface area (TPSA) is 24.5 Å². The Balaban J connectivity index is 0.00000192. The fraction of sp³-hybridized carbons (Fsp3) is 0.368. The fourth-order valence-electron chi connectivity index (χ4n) is 3.18. The molecule has 0 saturated carbocycles. The Hall–Kier alpha value is -1.55. The summed E-state index contributed by atoms with van der Waals surface area (Å²) in [6.07, 6.45) is 1.09. The number of piperazine rings is 1. The highest BCUT2D eigenvalue weighted by molar-refractivity contribution is 5.85. The van der Waals surface area contributed by atoms with E-state index in [0.29, 0.717) is 6.04 Å². The Bertz CT molecular complexity index is 591. The van der Waals surface area contributed by atoms with Crippen LogP contribution in [0.15, 0.2) is 54.6 Å². The van der Waals surface area contributed by atoms with Gasteiger partial charge in [-0.3, -0.25) is 4.90 Å². The Labute approximate surface area is 145 Å². The normalized spacial score (nSPS) is 18.2. The number of nitrogens with zero attached hydrogens (tertiary/aromatic N) is 1. The van der Waals surface area contributed by atoms with Crippen LogP contribution in [-0.2, 0) is 6.42 Å². The number of ether oxygens (including phenoxy) is 1. The number of para-hydroxylation sites is 1.